The number of imidazole rings is 1. The summed E-state index contributed by atoms with van der Waals surface area (Å²) in [7, 11) is 0. The van der Waals surface area contributed by atoms with Crippen LogP contribution in [0.5, 0.6) is 0 Å². The number of hydrogen-bond acceptors (Lipinski definition) is 1. The van der Waals surface area contributed by atoms with Gasteiger partial charge in [-0.05, 0) is 49.3 Å². The minimum atomic E-state index is 0.526. The van der Waals surface area contributed by atoms with Gasteiger partial charge in [0.05, 0.1) is 11.0 Å². The molecule has 114 valence electrons. The average molecular weight is 325 g/mol. The van der Waals surface area contributed by atoms with Gasteiger partial charge in [0, 0.05) is 23.4 Å². The molecule has 3 rings (SSSR count). The van der Waals surface area contributed by atoms with E-state index >= 15 is 0 Å². The van der Waals surface area contributed by atoms with Gasteiger partial charge in [-0.25, -0.2) is 4.98 Å². The zero-order chi connectivity index (χ0) is 15.0. The zero-order valence-corrected chi connectivity index (χ0v) is 14.2. The summed E-state index contributed by atoms with van der Waals surface area (Å²) >= 11 is 12.2. The summed E-state index contributed by atoms with van der Waals surface area (Å²) in [4.78, 5) is 4.78. The van der Waals surface area contributed by atoms with Crippen LogP contribution in [0.15, 0.2) is 18.2 Å². The zero-order valence-electron chi connectivity index (χ0n) is 12.6. The van der Waals surface area contributed by atoms with E-state index in [0.717, 1.165) is 40.1 Å². The van der Waals surface area contributed by atoms with Crippen molar-refractivity contribution >= 4 is 34.2 Å². The maximum absolute atomic E-state index is 6.20. The van der Waals surface area contributed by atoms with Gasteiger partial charge in [-0.3, -0.25) is 0 Å². The molecule has 3 unspecified atom stereocenters. The van der Waals surface area contributed by atoms with E-state index in [0.29, 0.717) is 11.9 Å². The fourth-order valence-electron chi connectivity index (χ4n) is 3.54. The van der Waals surface area contributed by atoms with E-state index in [1.165, 1.54) is 19.3 Å². The van der Waals surface area contributed by atoms with Crippen molar-refractivity contribution in [1.82, 2.24) is 9.55 Å². The molecule has 0 radical (unpaired) electrons. The molecule has 1 heterocycles. The highest BCUT2D eigenvalue weighted by molar-refractivity contribution is 6.31. The number of aromatic nitrogens is 2. The van der Waals surface area contributed by atoms with Crippen LogP contribution >= 0.6 is 23.2 Å². The molecular weight excluding hydrogens is 303 g/mol. The second kappa shape index (κ2) is 6.18. The number of fused-ring (bicyclic) bond motifs is 1. The molecular formula is C17H22Cl2N2. The SMILES string of the molecule is CC1CCC(n2c(CCCl)nc3ccc(Cl)cc32)CC1C. The van der Waals surface area contributed by atoms with Gasteiger partial charge in [0.2, 0.25) is 0 Å². The number of benzene rings is 1. The van der Waals surface area contributed by atoms with Crippen LogP contribution in [-0.2, 0) is 6.42 Å². The molecule has 0 spiro atoms. The van der Waals surface area contributed by atoms with Gasteiger partial charge in [-0.2, -0.15) is 0 Å². The Bertz CT molecular complexity index is 635. The Morgan fingerprint density at radius 1 is 1.24 bits per heavy atom. The number of alkyl halides is 1. The number of halogens is 2. The Hall–Kier alpha value is -0.730. The molecule has 0 bridgehead atoms. The van der Waals surface area contributed by atoms with Crippen LogP contribution in [0, 0.1) is 11.8 Å². The maximum atomic E-state index is 6.20. The first-order chi connectivity index (χ1) is 10.1. The lowest BCUT2D eigenvalue weighted by Crippen LogP contribution is -2.24. The molecule has 21 heavy (non-hydrogen) atoms. The topological polar surface area (TPSA) is 17.8 Å². The third-order valence-electron chi connectivity index (χ3n) is 4.98. The highest BCUT2D eigenvalue weighted by Gasteiger charge is 2.28. The van der Waals surface area contributed by atoms with E-state index in [1.807, 2.05) is 18.2 Å². The molecule has 0 amide bonds. The molecule has 4 heteroatoms. The molecule has 0 aliphatic heterocycles. The molecule has 0 saturated heterocycles. The first-order valence-corrected chi connectivity index (χ1v) is 8.73. The van der Waals surface area contributed by atoms with Gasteiger partial charge in [0.1, 0.15) is 5.82 Å². The summed E-state index contributed by atoms with van der Waals surface area (Å²) < 4.78 is 2.41. The van der Waals surface area contributed by atoms with Gasteiger partial charge in [-0.15, -0.1) is 11.6 Å². The van der Waals surface area contributed by atoms with Gasteiger partial charge < -0.3 is 4.57 Å². The molecule has 1 fully saturated rings. The summed E-state index contributed by atoms with van der Waals surface area (Å²) in [6.45, 7) is 4.73. The van der Waals surface area contributed by atoms with Gasteiger partial charge in [0.25, 0.3) is 0 Å². The van der Waals surface area contributed by atoms with Crippen molar-refractivity contribution in [3.05, 3.63) is 29.0 Å². The van der Waals surface area contributed by atoms with Crippen LogP contribution in [0.3, 0.4) is 0 Å². The second-order valence-corrected chi connectivity index (χ2v) is 7.21. The normalized spacial score (nSPS) is 26.4. The maximum Gasteiger partial charge on any atom is 0.111 e. The van der Waals surface area contributed by atoms with E-state index in [2.05, 4.69) is 18.4 Å². The Balaban J connectivity index is 2.06. The van der Waals surface area contributed by atoms with Crippen LogP contribution in [-0.4, -0.2) is 15.4 Å². The van der Waals surface area contributed by atoms with Gasteiger partial charge in [0.15, 0.2) is 0 Å². The van der Waals surface area contributed by atoms with Gasteiger partial charge >= 0.3 is 0 Å². The molecule has 1 saturated carbocycles. The second-order valence-electron chi connectivity index (χ2n) is 6.39. The van der Waals surface area contributed by atoms with Crippen molar-refractivity contribution in [2.75, 3.05) is 5.88 Å². The van der Waals surface area contributed by atoms with Crippen LogP contribution in [0.2, 0.25) is 5.02 Å². The monoisotopic (exact) mass is 324 g/mol. The van der Waals surface area contributed by atoms with Crippen LogP contribution in [0.4, 0.5) is 0 Å². The predicted molar refractivity (Wildman–Crippen MR) is 90.4 cm³/mol. The third-order valence-corrected chi connectivity index (χ3v) is 5.40. The predicted octanol–water partition coefficient (Wildman–Crippen LogP) is 5.47. The molecule has 1 aliphatic rings. The van der Waals surface area contributed by atoms with E-state index in [9.17, 15) is 0 Å². The fraction of sp³-hybridized carbons (Fsp3) is 0.588. The highest BCUT2D eigenvalue weighted by atomic mass is 35.5. The Kier molecular flexibility index (Phi) is 4.46. The smallest absolute Gasteiger partial charge is 0.111 e. The average Bonchev–Trinajstić information content (AvgIpc) is 2.80. The van der Waals surface area contributed by atoms with Crippen molar-refractivity contribution in [2.45, 2.75) is 45.6 Å². The molecule has 0 N–H and O–H groups in total. The molecule has 2 nitrogen and oxygen atoms in total. The van der Waals surface area contributed by atoms with Crippen molar-refractivity contribution in [3.8, 4) is 0 Å². The first-order valence-electron chi connectivity index (χ1n) is 7.82. The Morgan fingerprint density at radius 3 is 2.76 bits per heavy atom. The quantitative estimate of drug-likeness (QED) is 0.684. The van der Waals surface area contributed by atoms with Crippen molar-refractivity contribution < 1.29 is 0 Å². The molecule has 1 aliphatic carbocycles. The first kappa shape index (κ1) is 15.2. The van der Waals surface area contributed by atoms with Crippen LogP contribution in [0.1, 0.15) is 45.0 Å². The molecule has 1 aromatic carbocycles. The lowest BCUT2D eigenvalue weighted by Gasteiger charge is -2.34. The lowest BCUT2D eigenvalue weighted by atomic mass is 9.79. The Labute approximate surface area is 136 Å². The fourth-order valence-corrected chi connectivity index (χ4v) is 3.87. The van der Waals surface area contributed by atoms with E-state index in [4.69, 9.17) is 28.2 Å². The summed E-state index contributed by atoms with van der Waals surface area (Å²) in [5, 5.41) is 0.776. The highest BCUT2D eigenvalue weighted by Crippen LogP contribution is 2.38. The molecule has 2 aromatic rings. The van der Waals surface area contributed by atoms with Crippen LogP contribution < -0.4 is 0 Å². The largest absolute Gasteiger partial charge is 0.325 e. The minimum Gasteiger partial charge on any atom is -0.325 e. The van der Waals surface area contributed by atoms with E-state index in [-0.39, 0.29) is 0 Å². The number of aryl methyl sites for hydroxylation is 1. The summed E-state index contributed by atoms with van der Waals surface area (Å²) in [5.41, 5.74) is 2.19. The van der Waals surface area contributed by atoms with E-state index < -0.39 is 0 Å². The summed E-state index contributed by atoms with van der Waals surface area (Å²) in [5.74, 6) is 3.28. The number of rotatable bonds is 3. The Morgan fingerprint density at radius 2 is 2.05 bits per heavy atom. The molecule has 1 aromatic heterocycles. The molecule has 3 atom stereocenters. The summed E-state index contributed by atoms with van der Waals surface area (Å²) in [6, 6.07) is 6.50. The number of nitrogens with zero attached hydrogens (tertiary/aromatic N) is 2. The number of hydrogen-bond donors (Lipinski definition) is 0. The third kappa shape index (κ3) is 2.93. The van der Waals surface area contributed by atoms with Crippen molar-refractivity contribution in [2.24, 2.45) is 11.8 Å². The van der Waals surface area contributed by atoms with Crippen molar-refractivity contribution in [3.63, 3.8) is 0 Å². The van der Waals surface area contributed by atoms with Crippen molar-refractivity contribution in [1.29, 1.82) is 0 Å². The lowest BCUT2D eigenvalue weighted by molar-refractivity contribution is 0.211. The van der Waals surface area contributed by atoms with Crippen LogP contribution in [0.25, 0.3) is 11.0 Å². The summed E-state index contributed by atoms with van der Waals surface area (Å²) in [6.07, 6.45) is 4.54. The minimum absolute atomic E-state index is 0.526. The van der Waals surface area contributed by atoms with Gasteiger partial charge in [-0.1, -0.05) is 25.4 Å². The standard InChI is InChI=1S/C17H22Cl2N2/c1-11-3-5-14(9-12(11)2)21-16-10-13(19)4-6-15(16)20-17(21)7-8-18/h4,6,10-12,14H,3,5,7-9H2,1-2H3. The van der Waals surface area contributed by atoms with E-state index in [1.54, 1.807) is 0 Å².